The molecule has 0 aliphatic heterocycles. The van der Waals surface area contributed by atoms with Gasteiger partial charge in [-0.3, -0.25) is 0 Å². The van der Waals surface area contributed by atoms with Gasteiger partial charge in [0.1, 0.15) is 11.6 Å². The number of nitrogens with one attached hydrogen (secondary N) is 1. The Labute approximate surface area is 216 Å². The maximum absolute atomic E-state index is 12.8. The van der Waals surface area contributed by atoms with E-state index in [1.165, 1.54) is 22.9 Å². The van der Waals surface area contributed by atoms with E-state index in [1.807, 2.05) is 0 Å². The molecule has 1 aromatic heterocycles. The standard InChI is InChI=1S/C23H14Cl4N4O2S/c24-15-6-4-14(5-7-15)23-19(12-28)21(30-31(23)22-9-8-17(26)11-20(22)27)13-29-34(32,33)18-3-1-2-16(25)10-18/h1-11,29H,13H2. The number of halogens is 4. The summed E-state index contributed by atoms with van der Waals surface area (Å²) in [6, 6.07) is 19.7. The summed E-state index contributed by atoms with van der Waals surface area (Å²) in [5, 5.41) is 16.1. The number of aromatic nitrogens is 2. The number of nitriles is 1. The van der Waals surface area contributed by atoms with E-state index in [-0.39, 0.29) is 27.7 Å². The second kappa shape index (κ2) is 9.96. The van der Waals surface area contributed by atoms with E-state index in [9.17, 15) is 13.7 Å². The Hall–Kier alpha value is -2.57. The highest BCUT2D eigenvalue weighted by Gasteiger charge is 2.24. The predicted octanol–water partition coefficient (Wildman–Crippen LogP) is 6.50. The van der Waals surface area contributed by atoms with Gasteiger partial charge in [-0.25, -0.2) is 17.8 Å². The molecule has 0 aliphatic rings. The molecule has 172 valence electrons. The zero-order valence-corrected chi connectivity index (χ0v) is 21.0. The van der Waals surface area contributed by atoms with Crippen molar-refractivity contribution in [3.63, 3.8) is 0 Å². The predicted molar refractivity (Wildman–Crippen MR) is 134 cm³/mol. The first kappa shape index (κ1) is 24.6. The van der Waals surface area contributed by atoms with E-state index in [0.717, 1.165) is 0 Å². The average molecular weight is 552 g/mol. The average Bonchev–Trinajstić information content (AvgIpc) is 3.16. The summed E-state index contributed by atoms with van der Waals surface area (Å²) in [5.74, 6) is 0. The molecule has 0 radical (unpaired) electrons. The fraction of sp³-hybridized carbons (Fsp3) is 0.0435. The highest BCUT2D eigenvalue weighted by Crippen LogP contribution is 2.33. The van der Waals surface area contributed by atoms with Crippen LogP contribution >= 0.6 is 46.4 Å². The van der Waals surface area contributed by atoms with Gasteiger partial charge < -0.3 is 0 Å². The van der Waals surface area contributed by atoms with Crippen molar-refractivity contribution in [3.05, 3.63) is 98.1 Å². The van der Waals surface area contributed by atoms with Crippen molar-refractivity contribution in [2.75, 3.05) is 0 Å². The van der Waals surface area contributed by atoms with Gasteiger partial charge in [-0.2, -0.15) is 10.4 Å². The van der Waals surface area contributed by atoms with Crippen molar-refractivity contribution in [2.45, 2.75) is 11.4 Å². The van der Waals surface area contributed by atoms with Crippen LogP contribution in [-0.2, 0) is 16.6 Å². The molecule has 0 aliphatic carbocycles. The highest BCUT2D eigenvalue weighted by molar-refractivity contribution is 7.89. The minimum absolute atomic E-state index is 0.00314. The molecular weight excluding hydrogens is 538 g/mol. The molecular formula is C23H14Cl4N4O2S. The summed E-state index contributed by atoms with van der Waals surface area (Å²) in [6.07, 6.45) is 0. The van der Waals surface area contributed by atoms with Crippen molar-refractivity contribution in [2.24, 2.45) is 0 Å². The third-order valence-corrected chi connectivity index (χ3v) is 7.29. The molecule has 0 fully saturated rings. The van der Waals surface area contributed by atoms with Crippen molar-refractivity contribution >= 4 is 56.4 Å². The molecule has 0 saturated heterocycles. The Morgan fingerprint density at radius 1 is 0.912 bits per heavy atom. The summed E-state index contributed by atoms with van der Waals surface area (Å²) in [6.45, 7) is -0.240. The fourth-order valence-corrected chi connectivity index (χ4v) is 5.19. The van der Waals surface area contributed by atoms with E-state index >= 15 is 0 Å². The molecule has 6 nitrogen and oxygen atoms in total. The molecule has 11 heteroatoms. The number of benzene rings is 3. The topological polar surface area (TPSA) is 87.8 Å². The van der Waals surface area contributed by atoms with Crippen LogP contribution < -0.4 is 4.72 Å². The van der Waals surface area contributed by atoms with Gasteiger partial charge in [0.2, 0.25) is 10.0 Å². The lowest BCUT2D eigenvalue weighted by atomic mass is 10.1. The molecule has 0 unspecified atom stereocenters. The zero-order valence-electron chi connectivity index (χ0n) is 17.1. The largest absolute Gasteiger partial charge is 0.240 e. The fourth-order valence-electron chi connectivity index (χ4n) is 3.29. The molecule has 0 atom stereocenters. The summed E-state index contributed by atoms with van der Waals surface area (Å²) in [7, 11) is -3.91. The van der Waals surface area contributed by atoms with Crippen LogP contribution in [0, 0.1) is 11.3 Å². The third-order valence-electron chi connectivity index (χ3n) is 4.86. The van der Waals surface area contributed by atoms with Crippen molar-refractivity contribution in [3.8, 4) is 23.0 Å². The maximum atomic E-state index is 12.8. The van der Waals surface area contributed by atoms with Gasteiger partial charge in [0.05, 0.1) is 33.5 Å². The van der Waals surface area contributed by atoms with Crippen molar-refractivity contribution in [1.29, 1.82) is 5.26 Å². The maximum Gasteiger partial charge on any atom is 0.240 e. The van der Waals surface area contributed by atoms with Gasteiger partial charge in [-0.1, -0.05) is 64.6 Å². The minimum atomic E-state index is -3.91. The number of rotatable bonds is 6. The van der Waals surface area contributed by atoms with Crippen LogP contribution in [0.1, 0.15) is 11.3 Å². The second-order valence-electron chi connectivity index (χ2n) is 7.08. The van der Waals surface area contributed by atoms with Gasteiger partial charge in [-0.15, -0.1) is 0 Å². The zero-order chi connectivity index (χ0) is 24.5. The Kier molecular flexibility index (Phi) is 7.20. The lowest BCUT2D eigenvalue weighted by Crippen LogP contribution is -2.24. The van der Waals surface area contributed by atoms with E-state index < -0.39 is 10.0 Å². The Morgan fingerprint density at radius 2 is 1.59 bits per heavy atom. The Morgan fingerprint density at radius 3 is 2.24 bits per heavy atom. The molecule has 34 heavy (non-hydrogen) atoms. The van der Waals surface area contributed by atoms with Crippen LogP contribution in [0.4, 0.5) is 0 Å². The minimum Gasteiger partial charge on any atom is -0.230 e. The molecule has 1 N–H and O–H groups in total. The molecule has 0 saturated carbocycles. The molecule has 4 rings (SSSR count). The van der Waals surface area contributed by atoms with Gasteiger partial charge >= 0.3 is 0 Å². The number of nitrogens with zero attached hydrogens (tertiary/aromatic N) is 3. The normalized spacial score (nSPS) is 11.4. The van der Waals surface area contributed by atoms with Crippen LogP contribution in [0.5, 0.6) is 0 Å². The van der Waals surface area contributed by atoms with Gasteiger partial charge in [0, 0.05) is 20.6 Å². The molecule has 3 aromatic carbocycles. The van der Waals surface area contributed by atoms with E-state index in [2.05, 4.69) is 15.9 Å². The van der Waals surface area contributed by atoms with Gasteiger partial charge in [0.25, 0.3) is 0 Å². The number of hydrogen-bond acceptors (Lipinski definition) is 4. The summed E-state index contributed by atoms with van der Waals surface area (Å²) >= 11 is 24.4. The Bertz CT molecular complexity index is 1530. The summed E-state index contributed by atoms with van der Waals surface area (Å²) in [5.41, 5.74) is 1.94. The number of hydrogen-bond donors (Lipinski definition) is 1. The van der Waals surface area contributed by atoms with Crippen LogP contribution in [0.3, 0.4) is 0 Å². The third kappa shape index (κ3) is 5.08. The van der Waals surface area contributed by atoms with Crippen LogP contribution in [-0.4, -0.2) is 18.2 Å². The SMILES string of the molecule is N#Cc1c(CNS(=O)(=O)c2cccc(Cl)c2)nn(-c2ccc(Cl)cc2Cl)c1-c1ccc(Cl)cc1. The Balaban J connectivity index is 1.82. The first-order chi connectivity index (χ1) is 16.2. The molecule has 4 aromatic rings. The van der Waals surface area contributed by atoms with Gasteiger partial charge in [-0.05, 0) is 48.5 Å². The molecule has 0 spiro atoms. The van der Waals surface area contributed by atoms with Crippen molar-refractivity contribution in [1.82, 2.24) is 14.5 Å². The van der Waals surface area contributed by atoms with Gasteiger partial charge in [0.15, 0.2) is 0 Å². The first-order valence-electron chi connectivity index (χ1n) is 9.68. The monoisotopic (exact) mass is 550 g/mol. The number of sulfonamides is 1. The highest BCUT2D eigenvalue weighted by atomic mass is 35.5. The van der Waals surface area contributed by atoms with Crippen molar-refractivity contribution < 1.29 is 8.42 Å². The van der Waals surface area contributed by atoms with E-state index in [0.29, 0.717) is 32.0 Å². The first-order valence-corrected chi connectivity index (χ1v) is 12.7. The molecule has 1 heterocycles. The van der Waals surface area contributed by atoms with E-state index in [1.54, 1.807) is 48.5 Å². The van der Waals surface area contributed by atoms with Crippen LogP contribution in [0.25, 0.3) is 16.9 Å². The smallest absolute Gasteiger partial charge is 0.230 e. The van der Waals surface area contributed by atoms with Crippen LogP contribution in [0.2, 0.25) is 20.1 Å². The molecule has 0 amide bonds. The summed E-state index contributed by atoms with van der Waals surface area (Å²) in [4.78, 5) is -0.00314. The summed E-state index contributed by atoms with van der Waals surface area (Å²) < 4.78 is 29.5. The van der Waals surface area contributed by atoms with Crippen LogP contribution in [0.15, 0.2) is 71.6 Å². The lowest BCUT2D eigenvalue weighted by Gasteiger charge is -2.10. The lowest BCUT2D eigenvalue weighted by molar-refractivity contribution is 0.580. The molecule has 0 bridgehead atoms. The van der Waals surface area contributed by atoms with E-state index in [4.69, 9.17) is 46.4 Å². The quantitative estimate of drug-likeness (QED) is 0.296. The second-order valence-corrected chi connectivity index (χ2v) is 10.6.